The molecule has 0 atom stereocenters. The van der Waals surface area contributed by atoms with Crippen LogP contribution in [0.4, 0.5) is 0 Å². The molecule has 1 aromatic rings. The Bertz CT molecular complexity index is 471. The number of hydrogen-bond donors (Lipinski definition) is 2. The summed E-state index contributed by atoms with van der Waals surface area (Å²) in [7, 11) is 0. The van der Waals surface area contributed by atoms with Crippen LogP contribution in [0.5, 0.6) is 5.88 Å². The van der Waals surface area contributed by atoms with Gasteiger partial charge in [0.25, 0.3) is 5.56 Å². The van der Waals surface area contributed by atoms with Gasteiger partial charge in [-0.25, -0.2) is 4.79 Å². The van der Waals surface area contributed by atoms with Crippen LogP contribution in [-0.2, 0) is 13.0 Å². The highest BCUT2D eigenvalue weighted by atomic mass is 16.3. The van der Waals surface area contributed by atoms with E-state index in [1.807, 2.05) is 13.8 Å². The van der Waals surface area contributed by atoms with Crippen LogP contribution < -0.4 is 11.2 Å². The molecule has 0 spiro atoms. The molecule has 0 fully saturated rings. The Morgan fingerprint density at radius 3 is 2.50 bits per heavy atom. The van der Waals surface area contributed by atoms with Crippen LogP contribution in [0.3, 0.4) is 0 Å². The molecular weight excluding hydrogens is 208 g/mol. The zero-order valence-electron chi connectivity index (χ0n) is 9.91. The standard InChI is InChI=1S/C11H18N2O3/c1-4-8-9(14)12-11(16)13(10(8)15)6-5-7(2)3/h7,15H,4-6H2,1-3H3,(H,12,14,16). The van der Waals surface area contributed by atoms with Gasteiger partial charge in [-0.1, -0.05) is 20.8 Å². The molecule has 0 saturated carbocycles. The van der Waals surface area contributed by atoms with Crippen molar-refractivity contribution in [2.24, 2.45) is 5.92 Å². The van der Waals surface area contributed by atoms with E-state index < -0.39 is 11.2 Å². The molecule has 5 heteroatoms. The maximum atomic E-state index is 11.5. The van der Waals surface area contributed by atoms with Gasteiger partial charge in [-0.05, 0) is 18.8 Å². The first-order chi connectivity index (χ1) is 7.47. The molecule has 1 aromatic heterocycles. The van der Waals surface area contributed by atoms with E-state index in [9.17, 15) is 14.7 Å². The predicted molar refractivity (Wildman–Crippen MR) is 61.8 cm³/mol. The van der Waals surface area contributed by atoms with E-state index in [2.05, 4.69) is 4.98 Å². The van der Waals surface area contributed by atoms with Gasteiger partial charge in [0.05, 0.1) is 5.56 Å². The van der Waals surface area contributed by atoms with E-state index in [0.29, 0.717) is 18.9 Å². The SMILES string of the molecule is CCc1c(O)n(CCC(C)C)c(=O)[nH]c1=O. The van der Waals surface area contributed by atoms with Crippen molar-refractivity contribution < 1.29 is 5.11 Å². The number of nitrogens with one attached hydrogen (secondary N) is 1. The van der Waals surface area contributed by atoms with E-state index in [1.54, 1.807) is 6.92 Å². The van der Waals surface area contributed by atoms with Crippen molar-refractivity contribution >= 4 is 0 Å². The molecule has 5 nitrogen and oxygen atoms in total. The first-order valence-corrected chi connectivity index (χ1v) is 5.52. The fourth-order valence-electron chi connectivity index (χ4n) is 1.51. The van der Waals surface area contributed by atoms with Gasteiger partial charge in [-0.3, -0.25) is 14.3 Å². The van der Waals surface area contributed by atoms with E-state index in [0.717, 1.165) is 6.42 Å². The van der Waals surface area contributed by atoms with Crippen molar-refractivity contribution in [1.29, 1.82) is 0 Å². The molecule has 0 unspecified atom stereocenters. The first kappa shape index (κ1) is 12.5. The highest BCUT2D eigenvalue weighted by molar-refractivity contribution is 5.22. The van der Waals surface area contributed by atoms with Crippen LogP contribution in [0, 0.1) is 5.92 Å². The summed E-state index contributed by atoms with van der Waals surface area (Å²) < 4.78 is 1.22. The van der Waals surface area contributed by atoms with Gasteiger partial charge >= 0.3 is 5.69 Å². The van der Waals surface area contributed by atoms with Gasteiger partial charge < -0.3 is 5.11 Å². The zero-order valence-corrected chi connectivity index (χ0v) is 9.91. The van der Waals surface area contributed by atoms with Crippen LogP contribution in [0.25, 0.3) is 0 Å². The number of aromatic amines is 1. The third kappa shape index (κ3) is 2.53. The van der Waals surface area contributed by atoms with E-state index in [-0.39, 0.29) is 11.4 Å². The molecule has 1 rings (SSSR count). The minimum absolute atomic E-state index is 0.197. The number of rotatable bonds is 4. The molecule has 1 heterocycles. The quantitative estimate of drug-likeness (QED) is 0.799. The summed E-state index contributed by atoms with van der Waals surface area (Å²) in [6.07, 6.45) is 1.19. The number of aromatic hydroxyl groups is 1. The lowest BCUT2D eigenvalue weighted by atomic mass is 10.1. The van der Waals surface area contributed by atoms with Crippen molar-refractivity contribution in [3.63, 3.8) is 0 Å². The van der Waals surface area contributed by atoms with Crippen LogP contribution in [0.2, 0.25) is 0 Å². The summed E-state index contributed by atoms with van der Waals surface area (Å²) in [5, 5.41) is 9.81. The van der Waals surface area contributed by atoms with Gasteiger partial charge in [0, 0.05) is 6.54 Å². The lowest BCUT2D eigenvalue weighted by Gasteiger charge is -2.11. The fourth-order valence-corrected chi connectivity index (χ4v) is 1.51. The molecule has 2 N–H and O–H groups in total. The maximum absolute atomic E-state index is 11.5. The van der Waals surface area contributed by atoms with Gasteiger partial charge in [0.2, 0.25) is 5.88 Å². The summed E-state index contributed by atoms with van der Waals surface area (Å²) in [6.45, 7) is 6.26. The average Bonchev–Trinajstić information content (AvgIpc) is 2.16. The second-order valence-electron chi connectivity index (χ2n) is 4.25. The molecule has 16 heavy (non-hydrogen) atoms. The van der Waals surface area contributed by atoms with Crippen LogP contribution in [0.1, 0.15) is 32.8 Å². The third-order valence-electron chi connectivity index (χ3n) is 2.55. The average molecular weight is 226 g/mol. The van der Waals surface area contributed by atoms with Gasteiger partial charge in [0.15, 0.2) is 0 Å². The number of H-pyrrole nitrogens is 1. The number of nitrogens with zero attached hydrogens (tertiary/aromatic N) is 1. The molecule has 0 aliphatic carbocycles. The van der Waals surface area contributed by atoms with Gasteiger partial charge in [-0.15, -0.1) is 0 Å². The molecule has 0 radical (unpaired) electrons. The third-order valence-corrected chi connectivity index (χ3v) is 2.55. The smallest absolute Gasteiger partial charge is 0.331 e. The molecular formula is C11H18N2O3. The Balaban J connectivity index is 3.18. The van der Waals surface area contributed by atoms with Crippen molar-refractivity contribution in [3.8, 4) is 5.88 Å². The number of aromatic nitrogens is 2. The lowest BCUT2D eigenvalue weighted by molar-refractivity contribution is 0.378. The molecule has 0 aliphatic rings. The highest BCUT2D eigenvalue weighted by Gasteiger charge is 2.12. The Kier molecular flexibility index (Phi) is 3.93. The van der Waals surface area contributed by atoms with Crippen molar-refractivity contribution in [3.05, 3.63) is 26.4 Å². The van der Waals surface area contributed by atoms with Crippen molar-refractivity contribution in [2.45, 2.75) is 40.2 Å². The molecule has 0 amide bonds. The van der Waals surface area contributed by atoms with Crippen LogP contribution in [-0.4, -0.2) is 14.7 Å². The minimum Gasteiger partial charge on any atom is -0.494 e. The lowest BCUT2D eigenvalue weighted by Crippen LogP contribution is -2.32. The first-order valence-electron chi connectivity index (χ1n) is 5.52. The Morgan fingerprint density at radius 2 is 2.00 bits per heavy atom. The summed E-state index contributed by atoms with van der Waals surface area (Å²) in [4.78, 5) is 25.1. The van der Waals surface area contributed by atoms with E-state index in [1.165, 1.54) is 4.57 Å². The van der Waals surface area contributed by atoms with Crippen LogP contribution in [0.15, 0.2) is 9.59 Å². The minimum atomic E-state index is -0.541. The fraction of sp³-hybridized carbons (Fsp3) is 0.636. The largest absolute Gasteiger partial charge is 0.494 e. The monoisotopic (exact) mass is 226 g/mol. The van der Waals surface area contributed by atoms with Crippen molar-refractivity contribution in [1.82, 2.24) is 9.55 Å². The molecule has 90 valence electrons. The van der Waals surface area contributed by atoms with Gasteiger partial charge in [-0.2, -0.15) is 0 Å². The van der Waals surface area contributed by atoms with E-state index >= 15 is 0 Å². The highest BCUT2D eigenvalue weighted by Crippen LogP contribution is 2.12. The van der Waals surface area contributed by atoms with Crippen LogP contribution >= 0.6 is 0 Å². The Morgan fingerprint density at radius 1 is 1.38 bits per heavy atom. The molecule has 0 aromatic carbocycles. The summed E-state index contributed by atoms with van der Waals surface area (Å²) in [5.74, 6) is 0.236. The zero-order chi connectivity index (χ0) is 12.3. The normalized spacial score (nSPS) is 11.0. The second-order valence-corrected chi connectivity index (χ2v) is 4.25. The molecule has 0 saturated heterocycles. The summed E-state index contributed by atoms with van der Waals surface area (Å²) in [6, 6.07) is 0. The van der Waals surface area contributed by atoms with Gasteiger partial charge in [0.1, 0.15) is 0 Å². The number of hydrogen-bond acceptors (Lipinski definition) is 3. The Labute approximate surface area is 93.8 Å². The van der Waals surface area contributed by atoms with Crippen molar-refractivity contribution in [2.75, 3.05) is 0 Å². The topological polar surface area (TPSA) is 75.1 Å². The second kappa shape index (κ2) is 5.01. The predicted octanol–water partition coefficient (Wildman–Crippen LogP) is 0.851. The van der Waals surface area contributed by atoms with E-state index in [4.69, 9.17) is 0 Å². The Hall–Kier alpha value is -1.52. The molecule has 0 aliphatic heterocycles. The summed E-state index contributed by atoms with van der Waals surface area (Å²) in [5.41, 5.74) is -0.769. The molecule has 0 bridgehead atoms. The maximum Gasteiger partial charge on any atom is 0.331 e. The summed E-state index contributed by atoms with van der Waals surface area (Å²) >= 11 is 0.